The molecule has 2 aliphatic rings. The first-order valence-corrected chi connectivity index (χ1v) is 7.63. The van der Waals surface area contributed by atoms with E-state index in [4.69, 9.17) is 9.84 Å². The monoisotopic (exact) mass is 269 g/mol. The Balaban J connectivity index is 2.06. The summed E-state index contributed by atoms with van der Waals surface area (Å²) in [6.07, 6.45) is 6.09. The number of aliphatic carboxylic acids is 1. The molecule has 4 nitrogen and oxygen atoms in total. The second kappa shape index (κ2) is 6.23. The Morgan fingerprint density at radius 2 is 2.11 bits per heavy atom. The van der Waals surface area contributed by atoms with Gasteiger partial charge in [0.1, 0.15) is 0 Å². The van der Waals surface area contributed by atoms with E-state index in [9.17, 15) is 4.79 Å². The minimum atomic E-state index is -0.683. The Morgan fingerprint density at radius 1 is 1.42 bits per heavy atom. The molecule has 1 spiro atoms. The summed E-state index contributed by atoms with van der Waals surface area (Å²) in [6, 6.07) is 0.559. The highest BCUT2D eigenvalue weighted by Gasteiger charge is 2.46. The van der Waals surface area contributed by atoms with Gasteiger partial charge in [-0.25, -0.2) is 0 Å². The van der Waals surface area contributed by atoms with Gasteiger partial charge < -0.3 is 9.84 Å². The van der Waals surface area contributed by atoms with Crippen molar-refractivity contribution >= 4 is 5.97 Å². The van der Waals surface area contributed by atoms with Crippen molar-refractivity contribution in [1.29, 1.82) is 0 Å². The lowest BCUT2D eigenvalue weighted by Crippen LogP contribution is -2.49. The third kappa shape index (κ3) is 3.11. The van der Waals surface area contributed by atoms with Gasteiger partial charge in [0.15, 0.2) is 0 Å². The summed E-state index contributed by atoms with van der Waals surface area (Å²) in [5, 5.41) is 9.12. The SMILES string of the molecule is CCN(CC(C)C(=O)O)C1CCCC12CCOCC2. The molecule has 1 aliphatic carbocycles. The van der Waals surface area contributed by atoms with Crippen molar-refractivity contribution in [3.8, 4) is 0 Å². The van der Waals surface area contributed by atoms with E-state index in [-0.39, 0.29) is 5.92 Å². The van der Waals surface area contributed by atoms with Crippen LogP contribution in [-0.4, -0.2) is 48.3 Å². The van der Waals surface area contributed by atoms with E-state index < -0.39 is 5.97 Å². The van der Waals surface area contributed by atoms with E-state index in [1.165, 1.54) is 19.3 Å². The fourth-order valence-corrected chi connectivity index (χ4v) is 3.96. The van der Waals surface area contributed by atoms with Gasteiger partial charge in [-0.05, 0) is 37.6 Å². The Bertz CT molecular complexity index is 313. The maximum atomic E-state index is 11.1. The van der Waals surface area contributed by atoms with Crippen LogP contribution in [0.3, 0.4) is 0 Å². The number of carboxylic acid groups (broad SMARTS) is 1. The topological polar surface area (TPSA) is 49.8 Å². The van der Waals surface area contributed by atoms with Crippen molar-refractivity contribution in [1.82, 2.24) is 4.90 Å². The maximum absolute atomic E-state index is 11.1. The van der Waals surface area contributed by atoms with Crippen molar-refractivity contribution in [3.63, 3.8) is 0 Å². The highest BCUT2D eigenvalue weighted by Crippen LogP contribution is 2.48. The zero-order valence-corrected chi connectivity index (χ0v) is 12.2. The van der Waals surface area contributed by atoms with E-state index >= 15 is 0 Å². The molecule has 0 aromatic rings. The molecule has 2 fully saturated rings. The maximum Gasteiger partial charge on any atom is 0.307 e. The Labute approximate surface area is 116 Å². The van der Waals surface area contributed by atoms with Crippen molar-refractivity contribution in [3.05, 3.63) is 0 Å². The summed E-state index contributed by atoms with van der Waals surface area (Å²) < 4.78 is 5.52. The minimum Gasteiger partial charge on any atom is -0.481 e. The molecule has 0 aromatic carbocycles. The van der Waals surface area contributed by atoms with Gasteiger partial charge >= 0.3 is 5.97 Å². The summed E-state index contributed by atoms with van der Waals surface area (Å²) in [5.41, 5.74) is 0.395. The summed E-state index contributed by atoms with van der Waals surface area (Å²) >= 11 is 0. The van der Waals surface area contributed by atoms with Gasteiger partial charge in [0.2, 0.25) is 0 Å². The van der Waals surface area contributed by atoms with Crippen molar-refractivity contribution in [2.24, 2.45) is 11.3 Å². The van der Waals surface area contributed by atoms with Gasteiger partial charge in [-0.2, -0.15) is 0 Å². The number of carboxylic acids is 1. The number of nitrogens with zero attached hydrogens (tertiary/aromatic N) is 1. The molecule has 4 heteroatoms. The molecule has 0 bridgehead atoms. The van der Waals surface area contributed by atoms with E-state index in [0.29, 0.717) is 18.0 Å². The molecule has 1 saturated heterocycles. The summed E-state index contributed by atoms with van der Waals surface area (Å²) in [4.78, 5) is 13.5. The summed E-state index contributed by atoms with van der Waals surface area (Å²) in [6.45, 7) is 7.35. The molecule has 0 amide bonds. The van der Waals surface area contributed by atoms with E-state index in [2.05, 4.69) is 11.8 Å². The molecule has 0 aromatic heterocycles. The Kier molecular flexibility index (Phi) is 4.85. The molecule has 19 heavy (non-hydrogen) atoms. The smallest absolute Gasteiger partial charge is 0.307 e. The molecular weight excluding hydrogens is 242 g/mol. The van der Waals surface area contributed by atoms with E-state index in [0.717, 1.165) is 32.6 Å². The average Bonchev–Trinajstić information content (AvgIpc) is 2.79. The standard InChI is InChI=1S/C15H27NO3/c1-3-16(11-12(2)14(17)18)13-5-4-6-15(13)7-9-19-10-8-15/h12-13H,3-11H2,1-2H3,(H,17,18). The fraction of sp³-hybridized carbons (Fsp3) is 0.933. The predicted octanol–water partition coefficient (Wildman–Crippen LogP) is 2.38. The molecule has 1 aliphatic heterocycles. The van der Waals surface area contributed by atoms with Crippen LogP contribution in [0.1, 0.15) is 46.0 Å². The largest absolute Gasteiger partial charge is 0.481 e. The number of hydrogen-bond donors (Lipinski definition) is 1. The van der Waals surface area contributed by atoms with Gasteiger partial charge in [-0.15, -0.1) is 0 Å². The number of ether oxygens (including phenoxy) is 1. The van der Waals surface area contributed by atoms with Crippen LogP contribution in [-0.2, 0) is 9.53 Å². The Hall–Kier alpha value is -0.610. The van der Waals surface area contributed by atoms with Gasteiger partial charge in [0, 0.05) is 25.8 Å². The molecule has 2 unspecified atom stereocenters. The first-order chi connectivity index (χ1) is 9.09. The molecule has 2 rings (SSSR count). The zero-order chi connectivity index (χ0) is 13.9. The highest BCUT2D eigenvalue weighted by atomic mass is 16.5. The van der Waals surface area contributed by atoms with Crippen LogP contribution in [0, 0.1) is 11.3 Å². The first kappa shape index (κ1) is 14.8. The van der Waals surface area contributed by atoms with Gasteiger partial charge in [-0.1, -0.05) is 20.3 Å². The number of carbonyl (C=O) groups is 1. The first-order valence-electron chi connectivity index (χ1n) is 7.63. The minimum absolute atomic E-state index is 0.280. The lowest BCUT2D eigenvalue weighted by Gasteiger charge is -2.44. The van der Waals surface area contributed by atoms with Gasteiger partial charge in [0.05, 0.1) is 5.92 Å². The molecule has 1 heterocycles. The van der Waals surface area contributed by atoms with Crippen LogP contribution in [0.25, 0.3) is 0 Å². The number of rotatable bonds is 5. The van der Waals surface area contributed by atoms with Crippen LogP contribution >= 0.6 is 0 Å². The van der Waals surface area contributed by atoms with Gasteiger partial charge in [0.25, 0.3) is 0 Å². The normalized spacial score (nSPS) is 27.8. The molecule has 0 radical (unpaired) electrons. The van der Waals surface area contributed by atoms with E-state index in [1.54, 1.807) is 0 Å². The average molecular weight is 269 g/mol. The molecule has 1 saturated carbocycles. The van der Waals surface area contributed by atoms with Crippen molar-refractivity contribution in [2.45, 2.75) is 52.0 Å². The number of hydrogen-bond acceptors (Lipinski definition) is 3. The second-order valence-corrected chi connectivity index (χ2v) is 6.21. The predicted molar refractivity (Wildman–Crippen MR) is 74.2 cm³/mol. The van der Waals surface area contributed by atoms with Gasteiger partial charge in [-0.3, -0.25) is 9.69 Å². The zero-order valence-electron chi connectivity index (χ0n) is 12.2. The second-order valence-electron chi connectivity index (χ2n) is 6.21. The van der Waals surface area contributed by atoms with Crippen molar-refractivity contribution < 1.29 is 14.6 Å². The lowest BCUT2D eigenvalue weighted by molar-refractivity contribution is -0.142. The van der Waals surface area contributed by atoms with Crippen molar-refractivity contribution in [2.75, 3.05) is 26.3 Å². The molecule has 1 N–H and O–H groups in total. The van der Waals surface area contributed by atoms with Crippen LogP contribution in [0.5, 0.6) is 0 Å². The summed E-state index contributed by atoms with van der Waals surface area (Å²) in [7, 11) is 0. The van der Waals surface area contributed by atoms with Crippen LogP contribution in [0.2, 0.25) is 0 Å². The molecule has 2 atom stereocenters. The van der Waals surface area contributed by atoms with Crippen LogP contribution in [0.4, 0.5) is 0 Å². The highest BCUT2D eigenvalue weighted by molar-refractivity contribution is 5.69. The van der Waals surface area contributed by atoms with Crippen LogP contribution in [0.15, 0.2) is 0 Å². The van der Waals surface area contributed by atoms with Crippen LogP contribution < -0.4 is 0 Å². The lowest BCUT2D eigenvalue weighted by atomic mass is 9.75. The summed E-state index contributed by atoms with van der Waals surface area (Å²) in [5.74, 6) is -0.963. The third-order valence-electron chi connectivity index (χ3n) is 5.12. The quantitative estimate of drug-likeness (QED) is 0.832. The molecular formula is C15H27NO3. The third-order valence-corrected chi connectivity index (χ3v) is 5.12. The Morgan fingerprint density at radius 3 is 2.68 bits per heavy atom. The fourth-order valence-electron chi connectivity index (χ4n) is 3.96. The molecule has 110 valence electrons. The van der Waals surface area contributed by atoms with E-state index in [1.807, 2.05) is 6.92 Å².